The molecule has 0 atom stereocenters. The second kappa shape index (κ2) is 10.7. The van der Waals surface area contributed by atoms with Gasteiger partial charge in [0.1, 0.15) is 10.8 Å². The van der Waals surface area contributed by atoms with Gasteiger partial charge in [-0.1, -0.05) is 12.1 Å². The minimum Gasteiger partial charge on any atom is -0.435 e. The number of nitrogens with one attached hydrogen (secondary N) is 1. The number of thiazole rings is 1. The highest BCUT2D eigenvalue weighted by molar-refractivity contribution is 14.0. The van der Waals surface area contributed by atoms with Crippen LogP contribution < -0.4 is 10.1 Å². The molecule has 1 aromatic heterocycles. The Morgan fingerprint density at radius 3 is 2.43 bits per heavy atom. The molecule has 28 heavy (non-hydrogen) atoms. The van der Waals surface area contributed by atoms with Crippen molar-refractivity contribution in [2.45, 2.75) is 25.9 Å². The number of hydrogen-bond donors (Lipinski definition) is 1. The number of benzene rings is 1. The van der Waals surface area contributed by atoms with Crippen LogP contribution in [0.5, 0.6) is 5.75 Å². The lowest BCUT2D eigenvalue weighted by atomic mass is 10.2. The van der Waals surface area contributed by atoms with Gasteiger partial charge >= 0.3 is 12.8 Å². The summed E-state index contributed by atoms with van der Waals surface area (Å²) in [5.74, 6) is 0.509. The lowest BCUT2D eigenvalue weighted by molar-refractivity contribution is -0.140. The molecular weight excluding hydrogens is 518 g/mol. The summed E-state index contributed by atoms with van der Waals surface area (Å²) >= 11 is 0.909. The number of nitrogens with zero attached hydrogens (tertiary/aromatic N) is 3. The molecule has 1 aromatic carbocycles. The number of aromatic nitrogens is 1. The summed E-state index contributed by atoms with van der Waals surface area (Å²) in [7, 11) is 3.28. The molecule has 0 unspecified atom stereocenters. The van der Waals surface area contributed by atoms with Crippen LogP contribution in [0.25, 0.3) is 0 Å². The van der Waals surface area contributed by atoms with Gasteiger partial charge in [-0.3, -0.25) is 4.99 Å². The van der Waals surface area contributed by atoms with E-state index in [2.05, 4.69) is 20.0 Å². The molecule has 0 radical (unpaired) electrons. The van der Waals surface area contributed by atoms with E-state index in [1.54, 1.807) is 31.1 Å². The van der Waals surface area contributed by atoms with Gasteiger partial charge in [0.2, 0.25) is 0 Å². The van der Waals surface area contributed by atoms with Crippen LogP contribution in [0.4, 0.5) is 22.0 Å². The van der Waals surface area contributed by atoms with Crippen molar-refractivity contribution in [3.63, 3.8) is 0 Å². The molecule has 0 aliphatic rings. The number of alkyl halides is 5. The first kappa shape index (κ1) is 24.3. The normalized spacial score (nSPS) is 11.9. The van der Waals surface area contributed by atoms with Gasteiger partial charge in [0, 0.05) is 26.0 Å². The zero-order chi connectivity index (χ0) is 20.0. The lowest BCUT2D eigenvalue weighted by Gasteiger charge is -2.22. The molecule has 0 aliphatic carbocycles. The third kappa shape index (κ3) is 7.37. The van der Waals surface area contributed by atoms with Crippen LogP contribution in [-0.2, 0) is 19.3 Å². The maximum atomic E-state index is 12.6. The second-order valence-corrected chi connectivity index (χ2v) is 6.35. The predicted molar refractivity (Wildman–Crippen MR) is 107 cm³/mol. The van der Waals surface area contributed by atoms with Crippen LogP contribution in [0.15, 0.2) is 34.6 Å². The van der Waals surface area contributed by atoms with Crippen molar-refractivity contribution < 1.29 is 26.7 Å². The molecule has 1 N–H and O–H groups in total. The number of aliphatic imine (C=N–C) groups is 1. The van der Waals surface area contributed by atoms with Gasteiger partial charge in [-0.15, -0.1) is 35.3 Å². The van der Waals surface area contributed by atoms with Crippen LogP contribution in [0.2, 0.25) is 0 Å². The molecule has 5 nitrogen and oxygen atoms in total. The van der Waals surface area contributed by atoms with E-state index >= 15 is 0 Å². The highest BCUT2D eigenvalue weighted by Crippen LogP contribution is 2.29. The first-order chi connectivity index (χ1) is 12.7. The fourth-order valence-corrected chi connectivity index (χ4v) is 2.93. The number of hydrogen-bond acceptors (Lipinski definition) is 4. The smallest absolute Gasteiger partial charge is 0.434 e. The van der Waals surface area contributed by atoms with Crippen LogP contribution in [0, 0.1) is 0 Å². The van der Waals surface area contributed by atoms with E-state index in [9.17, 15) is 22.0 Å². The second-order valence-electron chi connectivity index (χ2n) is 5.40. The first-order valence-electron chi connectivity index (χ1n) is 7.66. The van der Waals surface area contributed by atoms with E-state index in [0.717, 1.165) is 22.3 Å². The standard InChI is InChI=1S/C16H17F5N4OS.HI/c1-22-15(23-7-13-24-12(9-27-13)16(19,20)21)25(2)8-10-3-5-11(6-4-10)26-14(17)18;/h3-6,9,14H,7-8H2,1-2H3,(H,22,23);1H. The summed E-state index contributed by atoms with van der Waals surface area (Å²) in [6.45, 7) is -2.38. The molecule has 1 heterocycles. The molecule has 0 spiro atoms. The van der Waals surface area contributed by atoms with Crippen LogP contribution >= 0.6 is 35.3 Å². The van der Waals surface area contributed by atoms with Crippen molar-refractivity contribution in [2.75, 3.05) is 14.1 Å². The first-order valence-corrected chi connectivity index (χ1v) is 8.54. The molecule has 0 saturated heterocycles. The average molecular weight is 536 g/mol. The molecule has 12 heteroatoms. The van der Waals surface area contributed by atoms with Crippen molar-refractivity contribution >= 4 is 41.3 Å². The van der Waals surface area contributed by atoms with Crippen LogP contribution in [0.1, 0.15) is 16.3 Å². The summed E-state index contributed by atoms with van der Waals surface area (Å²) in [6, 6.07) is 6.13. The number of guanidine groups is 1. The monoisotopic (exact) mass is 536 g/mol. The van der Waals surface area contributed by atoms with E-state index in [1.807, 2.05) is 0 Å². The van der Waals surface area contributed by atoms with E-state index < -0.39 is 18.5 Å². The third-order valence-electron chi connectivity index (χ3n) is 3.38. The molecule has 0 amide bonds. The topological polar surface area (TPSA) is 49.8 Å². The van der Waals surface area contributed by atoms with Gasteiger partial charge in [-0.2, -0.15) is 22.0 Å². The fraction of sp³-hybridized carbons (Fsp3) is 0.375. The highest BCUT2D eigenvalue weighted by atomic mass is 127. The Morgan fingerprint density at radius 2 is 1.93 bits per heavy atom. The Bertz CT molecular complexity index is 767. The molecule has 0 bridgehead atoms. The summed E-state index contributed by atoms with van der Waals surface area (Å²) in [6.07, 6.45) is -4.46. The molecular formula is C16H18F5IN4OS. The van der Waals surface area contributed by atoms with Crippen LogP contribution in [-0.4, -0.2) is 36.6 Å². The van der Waals surface area contributed by atoms with Gasteiger partial charge in [-0.05, 0) is 17.7 Å². The molecule has 0 aliphatic heterocycles. The Hall–Kier alpha value is -1.70. The van der Waals surface area contributed by atoms with Crippen molar-refractivity contribution in [2.24, 2.45) is 4.99 Å². The van der Waals surface area contributed by atoms with Crippen molar-refractivity contribution in [3.05, 3.63) is 45.9 Å². The van der Waals surface area contributed by atoms with Gasteiger partial charge in [0.15, 0.2) is 11.7 Å². The SMILES string of the molecule is CN=C(NCc1nc(C(F)(F)F)cs1)N(C)Cc1ccc(OC(F)F)cc1.I. The van der Waals surface area contributed by atoms with E-state index in [0.29, 0.717) is 12.5 Å². The van der Waals surface area contributed by atoms with Gasteiger partial charge in [-0.25, -0.2) is 4.98 Å². The van der Waals surface area contributed by atoms with E-state index in [1.165, 1.54) is 12.1 Å². The maximum absolute atomic E-state index is 12.6. The molecule has 0 fully saturated rings. The summed E-state index contributed by atoms with van der Waals surface area (Å²) in [5.41, 5.74) is -0.102. The van der Waals surface area contributed by atoms with E-state index in [4.69, 9.17) is 0 Å². The van der Waals surface area contributed by atoms with Crippen molar-refractivity contribution in [1.29, 1.82) is 0 Å². The Kier molecular flexibility index (Phi) is 9.33. The molecule has 0 saturated carbocycles. The predicted octanol–water partition coefficient (Wildman–Crippen LogP) is 4.59. The van der Waals surface area contributed by atoms with E-state index in [-0.39, 0.29) is 41.3 Å². The Balaban J connectivity index is 0.00000392. The Labute approximate surface area is 179 Å². The number of rotatable bonds is 6. The van der Waals surface area contributed by atoms with Crippen molar-refractivity contribution in [1.82, 2.24) is 15.2 Å². The number of halogens is 6. The van der Waals surface area contributed by atoms with Crippen molar-refractivity contribution in [3.8, 4) is 5.75 Å². The van der Waals surface area contributed by atoms with Crippen LogP contribution in [0.3, 0.4) is 0 Å². The summed E-state index contributed by atoms with van der Waals surface area (Å²) in [5, 5.41) is 4.19. The molecule has 156 valence electrons. The van der Waals surface area contributed by atoms with Gasteiger partial charge in [0.05, 0.1) is 6.54 Å². The minimum absolute atomic E-state index is 0. The highest BCUT2D eigenvalue weighted by Gasteiger charge is 2.33. The van der Waals surface area contributed by atoms with Gasteiger partial charge < -0.3 is 15.0 Å². The third-order valence-corrected chi connectivity index (χ3v) is 4.23. The largest absolute Gasteiger partial charge is 0.435 e. The zero-order valence-corrected chi connectivity index (χ0v) is 18.0. The molecule has 2 aromatic rings. The maximum Gasteiger partial charge on any atom is 0.434 e. The Morgan fingerprint density at radius 1 is 1.29 bits per heavy atom. The van der Waals surface area contributed by atoms with Gasteiger partial charge in [0.25, 0.3) is 0 Å². The average Bonchev–Trinajstić information content (AvgIpc) is 3.06. The quantitative estimate of drug-likeness (QED) is 0.254. The number of ether oxygens (including phenoxy) is 1. The fourth-order valence-electron chi connectivity index (χ4n) is 2.19. The zero-order valence-electron chi connectivity index (χ0n) is 14.8. The summed E-state index contributed by atoms with van der Waals surface area (Å²) < 4.78 is 66.3. The minimum atomic E-state index is -4.46. The molecule has 2 rings (SSSR count). The lowest BCUT2D eigenvalue weighted by Crippen LogP contribution is -2.38. The summed E-state index contributed by atoms with van der Waals surface area (Å²) in [4.78, 5) is 9.36.